The SMILES string of the molecule is COc1ccc(N2C(=O)c3ccc([N+](=O)[O-])cc3C2(C)C(=O)N2CCCCC2)cc1. The number of likely N-dealkylation sites (tertiary alicyclic amines) is 1. The van der Waals surface area contributed by atoms with Crippen LogP contribution in [0.15, 0.2) is 42.5 Å². The number of piperidine rings is 1. The number of hydrogen-bond acceptors (Lipinski definition) is 5. The number of ether oxygens (including phenoxy) is 1. The van der Waals surface area contributed by atoms with Gasteiger partial charge in [0.25, 0.3) is 17.5 Å². The molecule has 2 heterocycles. The highest BCUT2D eigenvalue weighted by atomic mass is 16.6. The molecule has 2 amide bonds. The maximum atomic E-state index is 13.8. The van der Waals surface area contributed by atoms with Crippen LogP contribution in [0.5, 0.6) is 5.75 Å². The summed E-state index contributed by atoms with van der Waals surface area (Å²) in [5.41, 5.74) is -0.301. The van der Waals surface area contributed by atoms with Crippen LogP contribution in [-0.4, -0.2) is 41.8 Å². The smallest absolute Gasteiger partial charge is 0.269 e. The second-order valence-corrected chi connectivity index (χ2v) is 7.75. The Bertz CT molecular complexity index is 1010. The summed E-state index contributed by atoms with van der Waals surface area (Å²) in [6.07, 6.45) is 2.86. The van der Waals surface area contributed by atoms with Crippen LogP contribution in [0.3, 0.4) is 0 Å². The second-order valence-electron chi connectivity index (χ2n) is 7.75. The summed E-state index contributed by atoms with van der Waals surface area (Å²) < 4.78 is 5.20. The number of non-ortho nitro benzene ring substituents is 1. The van der Waals surface area contributed by atoms with E-state index in [-0.39, 0.29) is 17.5 Å². The van der Waals surface area contributed by atoms with Gasteiger partial charge in [0, 0.05) is 42.0 Å². The summed E-state index contributed by atoms with van der Waals surface area (Å²) in [5, 5.41) is 11.4. The van der Waals surface area contributed by atoms with Crippen molar-refractivity contribution in [1.29, 1.82) is 0 Å². The Morgan fingerprint density at radius 2 is 1.77 bits per heavy atom. The molecule has 0 aliphatic carbocycles. The van der Waals surface area contributed by atoms with Gasteiger partial charge in [0.1, 0.15) is 5.75 Å². The number of carbonyl (C=O) groups is 2. The molecule has 1 fully saturated rings. The highest BCUT2D eigenvalue weighted by molar-refractivity contribution is 6.17. The summed E-state index contributed by atoms with van der Waals surface area (Å²) in [5.74, 6) is 0.0612. The molecule has 8 nitrogen and oxygen atoms in total. The standard InChI is InChI=1S/C22H23N3O5/c1-22(21(27)23-12-4-3-5-13-23)19-14-16(25(28)29)8-11-18(19)20(26)24(22)15-6-9-17(30-2)10-7-15/h6-11,14H,3-5,12-13H2,1-2H3. The van der Waals surface area contributed by atoms with E-state index in [1.807, 2.05) is 0 Å². The molecule has 0 saturated carbocycles. The number of benzene rings is 2. The van der Waals surface area contributed by atoms with Crippen molar-refractivity contribution in [3.05, 3.63) is 63.7 Å². The van der Waals surface area contributed by atoms with Gasteiger partial charge in [-0.25, -0.2) is 0 Å². The number of amides is 2. The molecule has 0 radical (unpaired) electrons. The molecule has 1 unspecified atom stereocenters. The molecule has 156 valence electrons. The van der Waals surface area contributed by atoms with Crippen molar-refractivity contribution in [1.82, 2.24) is 4.90 Å². The Kier molecular flexibility index (Phi) is 4.93. The van der Waals surface area contributed by atoms with Gasteiger partial charge in [-0.2, -0.15) is 0 Å². The van der Waals surface area contributed by atoms with Crippen LogP contribution < -0.4 is 9.64 Å². The van der Waals surface area contributed by atoms with Crippen molar-refractivity contribution in [2.24, 2.45) is 0 Å². The van der Waals surface area contributed by atoms with Gasteiger partial charge in [-0.15, -0.1) is 0 Å². The monoisotopic (exact) mass is 409 g/mol. The highest BCUT2D eigenvalue weighted by Crippen LogP contribution is 2.45. The first kappa shape index (κ1) is 19.9. The number of hydrogen-bond donors (Lipinski definition) is 0. The van der Waals surface area contributed by atoms with Crippen molar-refractivity contribution < 1.29 is 19.2 Å². The zero-order chi connectivity index (χ0) is 21.5. The fourth-order valence-corrected chi connectivity index (χ4v) is 4.40. The number of nitro groups is 1. The first-order valence-electron chi connectivity index (χ1n) is 9.95. The first-order valence-corrected chi connectivity index (χ1v) is 9.95. The van der Waals surface area contributed by atoms with Crippen LogP contribution in [0.1, 0.15) is 42.1 Å². The third-order valence-electron chi connectivity index (χ3n) is 6.01. The Hall–Kier alpha value is -3.42. The topological polar surface area (TPSA) is 93.0 Å². The molecule has 2 aromatic carbocycles. The van der Waals surface area contributed by atoms with Crippen LogP contribution in [0.4, 0.5) is 11.4 Å². The van der Waals surface area contributed by atoms with Gasteiger partial charge in [-0.05, 0) is 56.5 Å². The van der Waals surface area contributed by atoms with E-state index < -0.39 is 10.5 Å². The minimum Gasteiger partial charge on any atom is -0.497 e. The third-order valence-corrected chi connectivity index (χ3v) is 6.01. The maximum Gasteiger partial charge on any atom is 0.269 e. The molecular weight excluding hydrogens is 386 g/mol. The fourth-order valence-electron chi connectivity index (χ4n) is 4.40. The molecule has 0 N–H and O–H groups in total. The molecule has 8 heteroatoms. The molecule has 30 heavy (non-hydrogen) atoms. The number of methoxy groups -OCH3 is 1. The zero-order valence-corrected chi connectivity index (χ0v) is 17.0. The van der Waals surface area contributed by atoms with Crippen molar-refractivity contribution in [3.63, 3.8) is 0 Å². The molecule has 2 aliphatic heterocycles. The second kappa shape index (κ2) is 7.44. The number of anilines is 1. The van der Waals surface area contributed by atoms with Crippen molar-refractivity contribution in [3.8, 4) is 5.75 Å². The van der Waals surface area contributed by atoms with E-state index in [2.05, 4.69) is 0 Å². The van der Waals surface area contributed by atoms with Gasteiger partial charge in [-0.1, -0.05) is 0 Å². The van der Waals surface area contributed by atoms with E-state index in [0.717, 1.165) is 19.3 Å². The first-order chi connectivity index (χ1) is 14.4. The Labute approximate surface area is 174 Å². The number of carbonyl (C=O) groups excluding carboxylic acids is 2. The lowest BCUT2D eigenvalue weighted by molar-refractivity contribution is -0.384. The molecule has 0 bridgehead atoms. The van der Waals surface area contributed by atoms with Gasteiger partial charge in [-0.3, -0.25) is 24.6 Å². The average Bonchev–Trinajstić information content (AvgIpc) is 3.01. The third kappa shape index (κ3) is 2.99. The molecule has 0 aromatic heterocycles. The minimum absolute atomic E-state index is 0.143. The lowest BCUT2D eigenvalue weighted by atomic mass is 9.88. The van der Waals surface area contributed by atoms with Crippen molar-refractivity contribution in [2.75, 3.05) is 25.1 Å². The molecule has 1 saturated heterocycles. The van der Waals surface area contributed by atoms with Crippen LogP contribution in [0, 0.1) is 10.1 Å². The van der Waals surface area contributed by atoms with Gasteiger partial charge in [0.2, 0.25) is 0 Å². The largest absolute Gasteiger partial charge is 0.497 e. The van der Waals surface area contributed by atoms with Crippen LogP contribution in [-0.2, 0) is 10.3 Å². The Morgan fingerprint density at radius 1 is 1.10 bits per heavy atom. The van der Waals surface area contributed by atoms with E-state index >= 15 is 0 Å². The average molecular weight is 409 g/mol. The number of nitro benzene ring substituents is 1. The van der Waals surface area contributed by atoms with Gasteiger partial charge < -0.3 is 9.64 Å². The fraction of sp³-hybridized carbons (Fsp3) is 0.364. The minimum atomic E-state index is -1.37. The number of rotatable bonds is 4. The predicted molar refractivity (Wildman–Crippen MR) is 111 cm³/mol. The Balaban J connectivity index is 1.88. The summed E-state index contributed by atoms with van der Waals surface area (Å²) in [4.78, 5) is 41.2. The lowest BCUT2D eigenvalue weighted by Gasteiger charge is -2.40. The van der Waals surface area contributed by atoms with E-state index in [4.69, 9.17) is 4.74 Å². The Morgan fingerprint density at radius 3 is 2.37 bits per heavy atom. The molecule has 2 aromatic rings. The van der Waals surface area contributed by atoms with Gasteiger partial charge >= 0.3 is 0 Å². The number of nitrogens with zero attached hydrogens (tertiary/aromatic N) is 3. The molecule has 0 spiro atoms. The van der Waals surface area contributed by atoms with E-state index in [9.17, 15) is 19.7 Å². The molecular formula is C22H23N3O5. The summed E-state index contributed by atoms with van der Waals surface area (Å²) in [7, 11) is 1.55. The summed E-state index contributed by atoms with van der Waals surface area (Å²) >= 11 is 0. The lowest BCUT2D eigenvalue weighted by Crippen LogP contribution is -2.55. The normalized spacial score (nSPS) is 20.8. The number of fused-ring (bicyclic) bond motifs is 1. The van der Waals surface area contributed by atoms with Crippen LogP contribution in [0.2, 0.25) is 0 Å². The van der Waals surface area contributed by atoms with Crippen molar-refractivity contribution >= 4 is 23.2 Å². The predicted octanol–water partition coefficient (Wildman–Crippen LogP) is 3.49. The van der Waals surface area contributed by atoms with E-state index in [0.29, 0.717) is 35.7 Å². The summed E-state index contributed by atoms with van der Waals surface area (Å²) in [6, 6.07) is 11.0. The molecule has 4 rings (SSSR count). The molecule has 1 atom stereocenters. The van der Waals surface area contributed by atoms with E-state index in [1.165, 1.54) is 23.1 Å². The van der Waals surface area contributed by atoms with Crippen molar-refractivity contribution in [2.45, 2.75) is 31.7 Å². The maximum absolute atomic E-state index is 13.8. The van der Waals surface area contributed by atoms with Crippen LogP contribution >= 0.6 is 0 Å². The highest BCUT2D eigenvalue weighted by Gasteiger charge is 2.54. The van der Waals surface area contributed by atoms with Crippen LogP contribution in [0.25, 0.3) is 0 Å². The van der Waals surface area contributed by atoms with Gasteiger partial charge in [0.05, 0.1) is 12.0 Å². The molecule has 2 aliphatic rings. The summed E-state index contributed by atoms with van der Waals surface area (Å²) in [6.45, 7) is 2.91. The van der Waals surface area contributed by atoms with E-state index in [1.54, 1.807) is 43.2 Å². The zero-order valence-electron chi connectivity index (χ0n) is 17.0. The quantitative estimate of drug-likeness (QED) is 0.569. The van der Waals surface area contributed by atoms with Gasteiger partial charge in [0.15, 0.2) is 5.54 Å².